The molecule has 2 atom stereocenters. The maximum absolute atomic E-state index is 13.6. The van der Waals surface area contributed by atoms with Gasteiger partial charge in [0.1, 0.15) is 0 Å². The molecule has 7 nitrogen and oxygen atoms in total. The minimum atomic E-state index is -3.54. The van der Waals surface area contributed by atoms with Crippen molar-refractivity contribution in [2.75, 3.05) is 53.0 Å². The van der Waals surface area contributed by atoms with Crippen LogP contribution in [0.4, 0.5) is 0 Å². The van der Waals surface area contributed by atoms with E-state index in [1.807, 2.05) is 11.0 Å². The first-order chi connectivity index (χ1) is 13.4. The third kappa shape index (κ3) is 3.36. The number of fused-ring (bicyclic) bond motifs is 1. The highest BCUT2D eigenvalue weighted by Crippen LogP contribution is 2.45. The number of nitrogens with zero attached hydrogens (tertiary/aromatic N) is 3. The molecule has 0 bridgehead atoms. The second-order valence-corrected chi connectivity index (χ2v) is 10.0. The second kappa shape index (κ2) is 7.74. The van der Waals surface area contributed by atoms with Crippen molar-refractivity contribution in [1.29, 1.82) is 0 Å². The quantitative estimate of drug-likeness (QED) is 0.748. The van der Waals surface area contributed by atoms with Crippen LogP contribution in [0.25, 0.3) is 0 Å². The smallest absolute Gasteiger partial charge is 0.243 e. The Bertz CT molecular complexity index is 810. The summed E-state index contributed by atoms with van der Waals surface area (Å²) in [6.07, 6.45) is 2.05. The van der Waals surface area contributed by atoms with E-state index in [1.54, 1.807) is 28.6 Å². The number of morpholine rings is 1. The summed E-state index contributed by atoms with van der Waals surface area (Å²) in [4.78, 5) is 18.1. The summed E-state index contributed by atoms with van der Waals surface area (Å²) in [5, 5.41) is 0. The molecule has 3 saturated heterocycles. The second-order valence-electron chi connectivity index (χ2n) is 8.06. The molecule has 0 spiro atoms. The van der Waals surface area contributed by atoms with Crippen LogP contribution in [0, 0.1) is 5.41 Å². The highest BCUT2D eigenvalue weighted by molar-refractivity contribution is 7.89. The number of rotatable bonds is 3. The van der Waals surface area contributed by atoms with Crippen LogP contribution >= 0.6 is 0 Å². The summed E-state index contributed by atoms with van der Waals surface area (Å²) in [5.41, 5.74) is -0.493. The minimum Gasteiger partial charge on any atom is -0.378 e. The summed E-state index contributed by atoms with van der Waals surface area (Å²) in [5.74, 6) is 0.184. The zero-order valence-corrected chi connectivity index (χ0v) is 17.2. The van der Waals surface area contributed by atoms with Crippen LogP contribution in [0.1, 0.15) is 19.3 Å². The molecule has 154 valence electrons. The van der Waals surface area contributed by atoms with Crippen LogP contribution < -0.4 is 0 Å². The molecular weight excluding hydrogens is 378 g/mol. The van der Waals surface area contributed by atoms with Crippen LogP contribution in [-0.4, -0.2) is 87.5 Å². The van der Waals surface area contributed by atoms with Crippen molar-refractivity contribution in [3.8, 4) is 0 Å². The average Bonchev–Trinajstić information content (AvgIpc) is 2.92. The number of hydrogen-bond donors (Lipinski definition) is 0. The topological polar surface area (TPSA) is 70.2 Å². The highest BCUT2D eigenvalue weighted by Gasteiger charge is 2.54. The van der Waals surface area contributed by atoms with Crippen molar-refractivity contribution < 1.29 is 17.9 Å². The fourth-order valence-corrected chi connectivity index (χ4v) is 6.51. The number of carbonyl (C=O) groups is 1. The minimum absolute atomic E-state index is 0.0822. The van der Waals surface area contributed by atoms with Crippen molar-refractivity contribution in [2.24, 2.45) is 5.41 Å². The van der Waals surface area contributed by atoms with E-state index in [-0.39, 0.29) is 11.9 Å². The fourth-order valence-electron chi connectivity index (χ4n) is 5.03. The van der Waals surface area contributed by atoms with Crippen LogP contribution in [0.5, 0.6) is 0 Å². The predicted octanol–water partition coefficient (Wildman–Crippen LogP) is 1.02. The maximum Gasteiger partial charge on any atom is 0.243 e. The molecule has 0 aromatic heterocycles. The Labute approximate surface area is 167 Å². The van der Waals surface area contributed by atoms with Gasteiger partial charge in [-0.15, -0.1) is 0 Å². The van der Waals surface area contributed by atoms with Crippen molar-refractivity contribution in [3.63, 3.8) is 0 Å². The lowest BCUT2D eigenvalue weighted by Crippen LogP contribution is -2.53. The lowest BCUT2D eigenvalue weighted by molar-refractivity contribution is -0.148. The van der Waals surface area contributed by atoms with Gasteiger partial charge in [0, 0.05) is 32.2 Å². The van der Waals surface area contributed by atoms with Gasteiger partial charge >= 0.3 is 0 Å². The monoisotopic (exact) mass is 407 g/mol. The Morgan fingerprint density at radius 1 is 1.04 bits per heavy atom. The Morgan fingerprint density at radius 2 is 1.71 bits per heavy atom. The lowest BCUT2D eigenvalue weighted by atomic mass is 9.75. The number of benzene rings is 1. The summed E-state index contributed by atoms with van der Waals surface area (Å²) >= 11 is 0. The molecule has 3 aliphatic rings. The molecule has 0 N–H and O–H groups in total. The van der Waals surface area contributed by atoms with Gasteiger partial charge in [0.25, 0.3) is 0 Å². The third-order valence-electron chi connectivity index (χ3n) is 6.65. The van der Waals surface area contributed by atoms with Crippen molar-refractivity contribution in [2.45, 2.75) is 30.2 Å². The number of amides is 1. The number of likely N-dealkylation sites (tertiary alicyclic amines) is 1. The maximum atomic E-state index is 13.6. The van der Waals surface area contributed by atoms with E-state index in [2.05, 4.69) is 11.9 Å². The fraction of sp³-hybridized carbons (Fsp3) is 0.650. The van der Waals surface area contributed by atoms with E-state index >= 15 is 0 Å². The van der Waals surface area contributed by atoms with E-state index in [0.717, 1.165) is 13.0 Å². The zero-order valence-electron chi connectivity index (χ0n) is 16.4. The van der Waals surface area contributed by atoms with Gasteiger partial charge < -0.3 is 14.5 Å². The molecule has 0 unspecified atom stereocenters. The van der Waals surface area contributed by atoms with Crippen LogP contribution in [0.15, 0.2) is 35.2 Å². The third-order valence-corrected chi connectivity index (χ3v) is 8.56. The molecule has 3 heterocycles. The summed E-state index contributed by atoms with van der Waals surface area (Å²) in [6, 6.07) is 8.67. The summed E-state index contributed by atoms with van der Waals surface area (Å²) in [6.45, 7) is 4.13. The normalized spacial score (nSPS) is 30.0. The SMILES string of the molecule is CN1CC[C@@]2(C(=O)N3CCOCC3)CCN(S(=O)(=O)c3ccccc3)CC[C@@H]12. The first-order valence-corrected chi connectivity index (χ1v) is 11.5. The van der Waals surface area contributed by atoms with Gasteiger partial charge in [-0.1, -0.05) is 18.2 Å². The van der Waals surface area contributed by atoms with Gasteiger partial charge in [0.05, 0.1) is 23.5 Å². The standard InChI is InChI=1S/C20H29N3O4S/c1-21-11-8-20(19(24)22-13-15-27-16-14-22)9-12-23(10-7-18(20)21)28(25,26)17-5-3-2-4-6-17/h2-6,18H,7-16H2,1H3/t18-,20-/m1/s1. The van der Waals surface area contributed by atoms with Gasteiger partial charge in [-0.25, -0.2) is 8.42 Å². The van der Waals surface area contributed by atoms with E-state index in [1.165, 1.54) is 0 Å². The van der Waals surface area contributed by atoms with Gasteiger partial charge in [0.2, 0.25) is 15.9 Å². The molecule has 1 aromatic carbocycles. The van der Waals surface area contributed by atoms with Crippen LogP contribution in [0.2, 0.25) is 0 Å². The molecule has 0 saturated carbocycles. The predicted molar refractivity (Wildman–Crippen MR) is 105 cm³/mol. The number of sulfonamides is 1. The zero-order chi connectivity index (χ0) is 19.8. The lowest BCUT2D eigenvalue weighted by Gasteiger charge is -2.39. The van der Waals surface area contributed by atoms with E-state index in [9.17, 15) is 13.2 Å². The molecular formula is C20H29N3O4S. The van der Waals surface area contributed by atoms with Crippen molar-refractivity contribution >= 4 is 15.9 Å². The molecule has 3 fully saturated rings. The van der Waals surface area contributed by atoms with Gasteiger partial charge in [0.15, 0.2) is 0 Å². The number of hydrogen-bond acceptors (Lipinski definition) is 5. The number of ether oxygens (including phenoxy) is 1. The molecule has 1 amide bonds. The van der Waals surface area contributed by atoms with Gasteiger partial charge in [-0.2, -0.15) is 4.31 Å². The molecule has 4 rings (SSSR count). The highest BCUT2D eigenvalue weighted by atomic mass is 32.2. The molecule has 1 aromatic rings. The van der Waals surface area contributed by atoms with Crippen molar-refractivity contribution in [1.82, 2.24) is 14.1 Å². The first-order valence-electron chi connectivity index (χ1n) is 10.1. The van der Waals surface area contributed by atoms with E-state index < -0.39 is 15.4 Å². The first kappa shape index (κ1) is 19.8. The Morgan fingerprint density at radius 3 is 2.43 bits per heavy atom. The van der Waals surface area contributed by atoms with E-state index in [4.69, 9.17) is 4.74 Å². The van der Waals surface area contributed by atoms with E-state index in [0.29, 0.717) is 57.1 Å². The van der Waals surface area contributed by atoms with Crippen molar-refractivity contribution in [3.05, 3.63) is 30.3 Å². The van der Waals surface area contributed by atoms with Gasteiger partial charge in [-0.05, 0) is 45.0 Å². The Hall–Kier alpha value is -1.48. The molecule has 0 aliphatic carbocycles. The average molecular weight is 408 g/mol. The molecule has 3 aliphatic heterocycles. The molecule has 28 heavy (non-hydrogen) atoms. The van der Waals surface area contributed by atoms with Crippen LogP contribution in [-0.2, 0) is 19.6 Å². The Kier molecular flexibility index (Phi) is 5.48. The summed E-state index contributed by atoms with van der Waals surface area (Å²) in [7, 11) is -1.49. The number of carbonyl (C=O) groups excluding carboxylic acids is 1. The van der Waals surface area contributed by atoms with Gasteiger partial charge in [-0.3, -0.25) is 4.79 Å². The Balaban J connectivity index is 1.60. The van der Waals surface area contributed by atoms with Crippen LogP contribution in [0.3, 0.4) is 0 Å². The largest absolute Gasteiger partial charge is 0.378 e. The molecule has 8 heteroatoms. The molecule has 0 radical (unpaired) electrons. The summed E-state index contributed by atoms with van der Waals surface area (Å²) < 4.78 is 33.2.